The fourth-order valence-electron chi connectivity index (χ4n) is 2.82. The van der Waals surface area contributed by atoms with Gasteiger partial charge in [-0.2, -0.15) is 0 Å². The lowest BCUT2D eigenvalue weighted by Gasteiger charge is -2.25. The lowest BCUT2D eigenvalue weighted by molar-refractivity contribution is -0.144. The van der Waals surface area contributed by atoms with Crippen molar-refractivity contribution in [3.63, 3.8) is 0 Å². The molecule has 0 fully saturated rings. The van der Waals surface area contributed by atoms with Gasteiger partial charge in [0, 0.05) is 18.3 Å². The van der Waals surface area contributed by atoms with Crippen molar-refractivity contribution >= 4 is 29.7 Å². The summed E-state index contributed by atoms with van der Waals surface area (Å²) in [5.41, 5.74) is 6.38. The highest BCUT2D eigenvalue weighted by Gasteiger charge is 2.31. The van der Waals surface area contributed by atoms with Crippen molar-refractivity contribution in [2.75, 3.05) is 6.61 Å². The van der Waals surface area contributed by atoms with E-state index in [0.29, 0.717) is 5.69 Å². The normalized spacial score (nSPS) is 14.6. The summed E-state index contributed by atoms with van der Waals surface area (Å²) in [4.78, 5) is 66.5. The Morgan fingerprint density at radius 1 is 1.00 bits per heavy atom. The van der Waals surface area contributed by atoms with Crippen LogP contribution in [0, 0.1) is 5.92 Å². The van der Waals surface area contributed by atoms with Gasteiger partial charge in [0.05, 0.1) is 25.4 Å². The molecule has 1 rings (SSSR count). The van der Waals surface area contributed by atoms with Gasteiger partial charge in [0.15, 0.2) is 0 Å². The average molecular weight is 470 g/mol. The largest absolute Gasteiger partial charge is 0.481 e. The van der Waals surface area contributed by atoms with E-state index in [-0.39, 0.29) is 18.8 Å². The van der Waals surface area contributed by atoms with E-state index in [1.165, 1.54) is 12.5 Å². The van der Waals surface area contributed by atoms with E-state index in [4.69, 9.17) is 21.1 Å². The molecule has 0 aliphatic carbocycles. The molecule has 1 aromatic heterocycles. The lowest BCUT2D eigenvalue weighted by Crippen LogP contribution is -2.58. The number of nitrogens with zero attached hydrogens (tertiary/aromatic N) is 1. The van der Waals surface area contributed by atoms with Crippen LogP contribution in [0.2, 0.25) is 0 Å². The number of aromatic nitrogens is 2. The van der Waals surface area contributed by atoms with Crippen LogP contribution in [-0.4, -0.2) is 85.7 Å². The first-order valence-electron chi connectivity index (χ1n) is 10.1. The van der Waals surface area contributed by atoms with Gasteiger partial charge in [-0.25, -0.2) is 9.78 Å². The Labute approximate surface area is 189 Å². The smallest absolute Gasteiger partial charge is 0.328 e. The first-order chi connectivity index (χ1) is 15.4. The molecular formula is C19H30N6O8. The molecule has 0 aliphatic rings. The summed E-state index contributed by atoms with van der Waals surface area (Å²) in [7, 11) is 0. The van der Waals surface area contributed by atoms with Crippen molar-refractivity contribution in [1.29, 1.82) is 0 Å². The molecule has 4 atom stereocenters. The second kappa shape index (κ2) is 13.1. The minimum absolute atomic E-state index is 0.0589. The molecule has 0 aromatic carbocycles. The van der Waals surface area contributed by atoms with Gasteiger partial charge in [-0.1, -0.05) is 13.8 Å². The second-order valence-electron chi connectivity index (χ2n) is 7.82. The molecule has 0 saturated carbocycles. The number of carbonyl (C=O) groups is 5. The Balaban J connectivity index is 2.92. The summed E-state index contributed by atoms with van der Waals surface area (Å²) in [6.07, 6.45) is 2.22. The molecule has 0 aliphatic heterocycles. The molecule has 0 spiro atoms. The van der Waals surface area contributed by atoms with Gasteiger partial charge in [0.1, 0.15) is 18.1 Å². The SMILES string of the molecule is CC(C)CC(NC(=O)C(CC(=O)O)NC(=O)C(N)Cc1cnc[nH]1)C(=O)NC(CO)C(=O)O. The number of rotatable bonds is 14. The number of carbonyl (C=O) groups excluding carboxylic acids is 3. The number of aromatic amines is 1. The van der Waals surface area contributed by atoms with E-state index in [2.05, 4.69) is 25.9 Å². The van der Waals surface area contributed by atoms with Crippen molar-refractivity contribution in [2.24, 2.45) is 11.7 Å². The summed E-state index contributed by atoms with van der Waals surface area (Å²) in [5, 5.41) is 34.0. The van der Waals surface area contributed by atoms with Crippen molar-refractivity contribution < 1.29 is 39.3 Å². The fourth-order valence-corrected chi connectivity index (χ4v) is 2.82. The minimum atomic E-state index is -1.58. The molecule has 184 valence electrons. The molecule has 0 saturated heterocycles. The fraction of sp³-hybridized carbons (Fsp3) is 0.579. The van der Waals surface area contributed by atoms with E-state index in [1.807, 2.05) is 0 Å². The zero-order valence-electron chi connectivity index (χ0n) is 18.3. The Kier molecular flexibility index (Phi) is 10.9. The molecule has 1 heterocycles. The molecule has 9 N–H and O–H groups in total. The number of imidazole rings is 1. The molecule has 33 heavy (non-hydrogen) atoms. The monoisotopic (exact) mass is 470 g/mol. The Hall–Kier alpha value is -3.52. The van der Waals surface area contributed by atoms with Crippen LogP contribution in [0.15, 0.2) is 12.5 Å². The number of amides is 3. The third-order valence-corrected chi connectivity index (χ3v) is 4.48. The van der Waals surface area contributed by atoms with Crippen LogP contribution in [-0.2, 0) is 30.4 Å². The van der Waals surface area contributed by atoms with Crippen molar-refractivity contribution in [3.8, 4) is 0 Å². The van der Waals surface area contributed by atoms with Gasteiger partial charge in [-0.15, -0.1) is 0 Å². The Bertz CT molecular complexity index is 828. The summed E-state index contributed by atoms with van der Waals surface area (Å²) < 4.78 is 0. The quantitative estimate of drug-likeness (QED) is 0.140. The highest BCUT2D eigenvalue weighted by Crippen LogP contribution is 2.07. The van der Waals surface area contributed by atoms with Crippen molar-refractivity contribution in [3.05, 3.63) is 18.2 Å². The van der Waals surface area contributed by atoms with Crippen LogP contribution in [0.25, 0.3) is 0 Å². The molecule has 1 aromatic rings. The first-order valence-corrected chi connectivity index (χ1v) is 10.1. The number of aliphatic hydroxyl groups is 1. The molecule has 4 unspecified atom stereocenters. The van der Waals surface area contributed by atoms with E-state index in [0.717, 1.165) is 0 Å². The van der Waals surface area contributed by atoms with Crippen LogP contribution < -0.4 is 21.7 Å². The van der Waals surface area contributed by atoms with Gasteiger partial charge >= 0.3 is 11.9 Å². The van der Waals surface area contributed by atoms with Crippen LogP contribution in [0.5, 0.6) is 0 Å². The van der Waals surface area contributed by atoms with Gasteiger partial charge < -0.3 is 42.0 Å². The van der Waals surface area contributed by atoms with Crippen LogP contribution in [0.4, 0.5) is 0 Å². The summed E-state index contributed by atoms with van der Waals surface area (Å²) in [6, 6.07) is -5.47. The molecule has 3 amide bonds. The predicted molar refractivity (Wildman–Crippen MR) is 112 cm³/mol. The van der Waals surface area contributed by atoms with Gasteiger partial charge in [0.2, 0.25) is 17.7 Å². The number of nitrogens with two attached hydrogens (primary N) is 1. The standard InChI is InChI=1S/C19H30N6O8/c1-9(2)3-12(17(30)25-14(7-26)19(32)33)24-18(31)13(5-15(27)28)23-16(29)11(20)4-10-6-21-8-22-10/h6,8-9,11-14,26H,3-5,7,20H2,1-2H3,(H,21,22)(H,23,29)(H,24,31)(H,25,30)(H,27,28)(H,32,33). The van der Waals surface area contributed by atoms with Gasteiger partial charge in [0.25, 0.3) is 0 Å². The summed E-state index contributed by atoms with van der Waals surface area (Å²) in [5.74, 6) is -5.60. The predicted octanol–water partition coefficient (Wildman–Crippen LogP) is -2.67. The maximum atomic E-state index is 12.7. The third kappa shape index (κ3) is 9.65. The van der Waals surface area contributed by atoms with Crippen LogP contribution >= 0.6 is 0 Å². The zero-order chi connectivity index (χ0) is 25.1. The molecule has 14 nitrogen and oxygen atoms in total. The zero-order valence-corrected chi connectivity index (χ0v) is 18.3. The molecular weight excluding hydrogens is 440 g/mol. The molecule has 0 bridgehead atoms. The number of carboxylic acid groups (broad SMARTS) is 2. The molecule has 0 radical (unpaired) electrons. The highest BCUT2D eigenvalue weighted by molar-refractivity contribution is 5.95. The van der Waals surface area contributed by atoms with Crippen LogP contribution in [0.1, 0.15) is 32.4 Å². The number of hydrogen-bond acceptors (Lipinski definition) is 8. The van der Waals surface area contributed by atoms with E-state index < -0.39 is 66.9 Å². The number of H-pyrrole nitrogens is 1. The highest BCUT2D eigenvalue weighted by atomic mass is 16.4. The topological polar surface area (TPSA) is 237 Å². The summed E-state index contributed by atoms with van der Waals surface area (Å²) in [6.45, 7) is 2.63. The minimum Gasteiger partial charge on any atom is -0.481 e. The first kappa shape index (κ1) is 27.5. The molecule has 14 heteroatoms. The van der Waals surface area contributed by atoms with Gasteiger partial charge in [-0.3, -0.25) is 19.2 Å². The number of carboxylic acids is 2. The second-order valence-corrected chi connectivity index (χ2v) is 7.82. The van der Waals surface area contributed by atoms with Crippen molar-refractivity contribution in [2.45, 2.75) is 57.3 Å². The van der Waals surface area contributed by atoms with E-state index in [9.17, 15) is 24.0 Å². The number of hydrogen-bond donors (Lipinski definition) is 8. The maximum Gasteiger partial charge on any atom is 0.328 e. The van der Waals surface area contributed by atoms with E-state index in [1.54, 1.807) is 13.8 Å². The number of nitrogens with one attached hydrogen (secondary N) is 4. The number of aliphatic hydroxyl groups excluding tert-OH is 1. The summed E-state index contributed by atoms with van der Waals surface area (Å²) >= 11 is 0. The lowest BCUT2D eigenvalue weighted by atomic mass is 10.0. The Morgan fingerprint density at radius 2 is 1.58 bits per heavy atom. The van der Waals surface area contributed by atoms with Crippen LogP contribution in [0.3, 0.4) is 0 Å². The van der Waals surface area contributed by atoms with E-state index >= 15 is 0 Å². The van der Waals surface area contributed by atoms with Gasteiger partial charge in [-0.05, 0) is 12.3 Å². The Morgan fingerprint density at radius 3 is 2.06 bits per heavy atom. The van der Waals surface area contributed by atoms with Crippen molar-refractivity contribution in [1.82, 2.24) is 25.9 Å². The third-order valence-electron chi connectivity index (χ3n) is 4.48. The maximum absolute atomic E-state index is 12.7. The average Bonchev–Trinajstić information content (AvgIpc) is 3.22. The number of aliphatic carboxylic acids is 2.